The van der Waals surface area contributed by atoms with Gasteiger partial charge in [-0.1, -0.05) is 53.7 Å². The van der Waals surface area contributed by atoms with Crippen LogP contribution in [-0.2, 0) is 14.3 Å². The fourth-order valence-corrected chi connectivity index (χ4v) is 4.94. The van der Waals surface area contributed by atoms with Crippen molar-refractivity contribution in [2.75, 3.05) is 12.4 Å². The summed E-state index contributed by atoms with van der Waals surface area (Å²) in [6.45, 7) is 6.22. The molecule has 5 nitrogen and oxygen atoms in total. The molecule has 0 aromatic heterocycles. The van der Waals surface area contributed by atoms with Crippen molar-refractivity contribution in [2.45, 2.75) is 39.5 Å². The number of hydrogen-bond donors (Lipinski definition) is 1. The molecular weight excluding hydrogens is 452 g/mol. The first kappa shape index (κ1) is 21.7. The van der Waals surface area contributed by atoms with E-state index in [-0.39, 0.29) is 22.9 Å². The van der Waals surface area contributed by atoms with E-state index in [0.29, 0.717) is 35.6 Å². The van der Waals surface area contributed by atoms with Crippen LogP contribution < -0.4 is 5.32 Å². The number of thioether (sulfide) groups is 1. The van der Waals surface area contributed by atoms with Crippen LogP contribution in [0, 0.1) is 16.7 Å². The van der Waals surface area contributed by atoms with E-state index in [1.54, 1.807) is 6.92 Å². The summed E-state index contributed by atoms with van der Waals surface area (Å²) in [6, 6.07) is 9.98. The molecule has 1 aromatic carbocycles. The van der Waals surface area contributed by atoms with Gasteiger partial charge >= 0.3 is 5.97 Å². The van der Waals surface area contributed by atoms with E-state index in [1.807, 2.05) is 24.3 Å². The lowest BCUT2D eigenvalue weighted by atomic mass is 9.69. The summed E-state index contributed by atoms with van der Waals surface area (Å²) in [6.07, 6.45) is 1.16. The highest BCUT2D eigenvalue weighted by Gasteiger charge is 2.41. The van der Waals surface area contributed by atoms with Gasteiger partial charge in [-0.25, -0.2) is 0 Å². The summed E-state index contributed by atoms with van der Waals surface area (Å²) >= 11 is 4.69. The summed E-state index contributed by atoms with van der Waals surface area (Å²) in [7, 11) is 0. The third-order valence-electron chi connectivity index (χ3n) is 4.97. The van der Waals surface area contributed by atoms with Crippen molar-refractivity contribution in [2.24, 2.45) is 5.41 Å². The van der Waals surface area contributed by atoms with Crippen LogP contribution in [0.2, 0.25) is 0 Å². The highest BCUT2D eigenvalue weighted by atomic mass is 79.9. The molecule has 0 fully saturated rings. The molecular formula is C22H23BrN2O3S. The largest absolute Gasteiger partial charge is 0.465 e. The number of nitriles is 1. The number of ketones is 1. The second-order valence-corrected chi connectivity index (χ2v) is 9.79. The molecule has 0 saturated carbocycles. The van der Waals surface area contributed by atoms with Crippen molar-refractivity contribution >= 4 is 39.4 Å². The molecule has 1 N–H and O–H groups in total. The molecule has 1 atom stereocenters. The molecule has 0 amide bonds. The number of esters is 1. The SMILES string of the molecule is CCOC(=O)CSC1=C(C#N)[C@@H](c2ccc(Br)cc2)C2=C(CC(C)(C)CC2=O)N1. The number of ether oxygens (including phenoxy) is 1. The van der Waals surface area contributed by atoms with Crippen LogP contribution >= 0.6 is 27.7 Å². The van der Waals surface area contributed by atoms with Gasteiger partial charge in [0.05, 0.1) is 34.9 Å². The van der Waals surface area contributed by atoms with Crippen LogP contribution in [0.3, 0.4) is 0 Å². The van der Waals surface area contributed by atoms with E-state index < -0.39 is 5.92 Å². The van der Waals surface area contributed by atoms with Crippen molar-refractivity contribution in [3.63, 3.8) is 0 Å². The number of halogens is 1. The number of allylic oxidation sites excluding steroid dienone is 3. The third-order valence-corrected chi connectivity index (χ3v) is 6.49. The fraction of sp³-hybridized carbons (Fsp3) is 0.409. The summed E-state index contributed by atoms with van der Waals surface area (Å²) in [5.41, 5.74) is 2.72. The second kappa shape index (κ2) is 8.76. The molecule has 1 aliphatic carbocycles. The predicted octanol–water partition coefficient (Wildman–Crippen LogP) is 4.81. The molecule has 152 valence electrons. The van der Waals surface area contributed by atoms with Gasteiger partial charge in [-0.05, 0) is 36.5 Å². The van der Waals surface area contributed by atoms with Gasteiger partial charge in [-0.3, -0.25) is 9.59 Å². The van der Waals surface area contributed by atoms with Gasteiger partial charge < -0.3 is 10.1 Å². The van der Waals surface area contributed by atoms with Crippen LogP contribution in [0.1, 0.15) is 45.1 Å². The second-order valence-electron chi connectivity index (χ2n) is 7.89. The average molecular weight is 475 g/mol. The molecule has 0 radical (unpaired) electrons. The Morgan fingerprint density at radius 2 is 2.03 bits per heavy atom. The molecule has 3 rings (SSSR count). The lowest BCUT2D eigenvalue weighted by molar-refractivity contribution is -0.139. The minimum atomic E-state index is -0.433. The Labute approximate surface area is 183 Å². The van der Waals surface area contributed by atoms with Gasteiger partial charge in [0.1, 0.15) is 0 Å². The summed E-state index contributed by atoms with van der Waals surface area (Å²) in [5, 5.41) is 13.9. The van der Waals surface area contributed by atoms with Crippen molar-refractivity contribution in [3.05, 3.63) is 56.2 Å². The quantitative estimate of drug-likeness (QED) is 0.616. The van der Waals surface area contributed by atoms with Crippen molar-refractivity contribution in [1.82, 2.24) is 5.32 Å². The number of Topliss-reactive ketones (excluding diaryl/α,β-unsaturated/α-hetero) is 1. The molecule has 1 aliphatic heterocycles. The minimum Gasteiger partial charge on any atom is -0.465 e. The van der Waals surface area contributed by atoms with Gasteiger partial charge in [-0.15, -0.1) is 0 Å². The number of benzene rings is 1. The Morgan fingerprint density at radius 1 is 1.34 bits per heavy atom. The Bertz CT molecular complexity index is 942. The molecule has 0 bridgehead atoms. The van der Waals surface area contributed by atoms with Crippen LogP contribution in [0.25, 0.3) is 0 Å². The van der Waals surface area contributed by atoms with Gasteiger partial charge in [0.2, 0.25) is 0 Å². The maximum atomic E-state index is 13.1. The highest BCUT2D eigenvalue weighted by molar-refractivity contribution is 9.10. The van der Waals surface area contributed by atoms with E-state index in [9.17, 15) is 14.9 Å². The number of rotatable bonds is 5. The van der Waals surface area contributed by atoms with Crippen LogP contribution in [-0.4, -0.2) is 24.1 Å². The number of hydrogen-bond acceptors (Lipinski definition) is 6. The number of dihydropyridines is 1. The lowest BCUT2D eigenvalue weighted by Gasteiger charge is -2.39. The van der Waals surface area contributed by atoms with Gasteiger partial charge in [-0.2, -0.15) is 5.26 Å². The Hall–Kier alpha value is -2.04. The summed E-state index contributed by atoms with van der Waals surface area (Å²) in [4.78, 5) is 25.0. The van der Waals surface area contributed by atoms with E-state index >= 15 is 0 Å². The zero-order valence-electron chi connectivity index (χ0n) is 16.7. The lowest BCUT2D eigenvalue weighted by Crippen LogP contribution is -2.37. The maximum absolute atomic E-state index is 13.1. The smallest absolute Gasteiger partial charge is 0.316 e. The van der Waals surface area contributed by atoms with E-state index in [0.717, 1.165) is 15.7 Å². The van der Waals surface area contributed by atoms with E-state index in [2.05, 4.69) is 41.2 Å². The van der Waals surface area contributed by atoms with E-state index in [1.165, 1.54) is 11.8 Å². The molecule has 2 aliphatic rings. The zero-order valence-corrected chi connectivity index (χ0v) is 19.1. The molecule has 1 heterocycles. The Morgan fingerprint density at radius 3 is 2.66 bits per heavy atom. The third kappa shape index (κ3) is 4.76. The molecule has 0 unspecified atom stereocenters. The van der Waals surface area contributed by atoms with Gasteiger partial charge in [0.25, 0.3) is 0 Å². The summed E-state index contributed by atoms with van der Waals surface area (Å²) < 4.78 is 5.95. The van der Waals surface area contributed by atoms with Gasteiger partial charge in [0, 0.05) is 22.2 Å². The maximum Gasteiger partial charge on any atom is 0.316 e. The van der Waals surface area contributed by atoms with Crippen LogP contribution in [0.4, 0.5) is 0 Å². The first-order valence-electron chi connectivity index (χ1n) is 9.47. The normalized spacial score (nSPS) is 20.7. The first-order valence-corrected chi connectivity index (χ1v) is 11.2. The fourth-order valence-electron chi connectivity index (χ4n) is 3.81. The summed E-state index contributed by atoms with van der Waals surface area (Å²) in [5.74, 6) is -0.588. The zero-order chi connectivity index (χ0) is 21.2. The number of carbonyl (C=O) groups is 2. The van der Waals surface area contributed by atoms with Crippen molar-refractivity contribution in [1.29, 1.82) is 5.26 Å². The average Bonchev–Trinajstić information content (AvgIpc) is 2.65. The molecule has 0 saturated heterocycles. The van der Waals surface area contributed by atoms with Gasteiger partial charge in [0.15, 0.2) is 5.78 Å². The Kier molecular flexibility index (Phi) is 6.55. The van der Waals surface area contributed by atoms with E-state index in [4.69, 9.17) is 4.74 Å². The van der Waals surface area contributed by atoms with Crippen molar-refractivity contribution in [3.8, 4) is 6.07 Å². The predicted molar refractivity (Wildman–Crippen MR) is 117 cm³/mol. The molecule has 0 spiro atoms. The standard InChI is InChI=1S/C22H23BrN2O3S/c1-4-28-18(27)12-29-21-15(11-24)19(13-5-7-14(23)8-6-13)20-16(25-21)9-22(2,3)10-17(20)26/h5-8,19,25H,4,9-10,12H2,1-3H3/t19-/m1/s1. The van der Waals surface area contributed by atoms with Crippen molar-refractivity contribution < 1.29 is 14.3 Å². The molecule has 7 heteroatoms. The first-order chi connectivity index (χ1) is 13.8. The highest BCUT2D eigenvalue weighted by Crippen LogP contribution is 2.47. The number of nitrogens with one attached hydrogen (secondary N) is 1. The Balaban J connectivity index is 2.06. The molecule has 1 aromatic rings. The molecule has 29 heavy (non-hydrogen) atoms. The monoisotopic (exact) mass is 474 g/mol. The van der Waals surface area contributed by atoms with Crippen LogP contribution in [0.5, 0.6) is 0 Å². The topological polar surface area (TPSA) is 79.2 Å². The minimum absolute atomic E-state index is 0.0684. The number of nitrogens with zero attached hydrogens (tertiary/aromatic N) is 1. The van der Waals surface area contributed by atoms with Crippen LogP contribution in [0.15, 0.2) is 50.6 Å². The number of carbonyl (C=O) groups excluding carboxylic acids is 2.